The van der Waals surface area contributed by atoms with Crippen LogP contribution in [-0.2, 0) is 6.42 Å². The molecule has 1 aliphatic rings. The van der Waals surface area contributed by atoms with E-state index in [-0.39, 0.29) is 11.7 Å². The van der Waals surface area contributed by atoms with Crippen molar-refractivity contribution in [3.8, 4) is 0 Å². The summed E-state index contributed by atoms with van der Waals surface area (Å²) in [7, 11) is 0. The quantitative estimate of drug-likeness (QED) is 0.465. The van der Waals surface area contributed by atoms with Crippen LogP contribution in [-0.4, -0.2) is 28.4 Å². The molecule has 1 aromatic carbocycles. The first kappa shape index (κ1) is 22.4. The highest BCUT2D eigenvalue weighted by Crippen LogP contribution is 2.29. The Kier molecular flexibility index (Phi) is 6.64. The molecule has 4 rings (SSSR count). The van der Waals surface area contributed by atoms with Crippen LogP contribution in [0.4, 0.5) is 0 Å². The number of amides is 3. The minimum absolute atomic E-state index is 0.0839. The SMILES string of the molecule is Cc1c(C(=O)NNC(=O)c2ccccc2Br)oc2c1/C(=N/NC(=O)c1cccnc1)CCC2. The van der Waals surface area contributed by atoms with Gasteiger partial charge in [-0.25, -0.2) is 5.43 Å². The maximum absolute atomic E-state index is 12.7. The second-order valence-electron chi connectivity index (χ2n) is 7.34. The zero-order valence-corrected chi connectivity index (χ0v) is 19.2. The summed E-state index contributed by atoms with van der Waals surface area (Å²) in [5.74, 6) is -0.723. The van der Waals surface area contributed by atoms with E-state index in [4.69, 9.17) is 4.42 Å². The van der Waals surface area contributed by atoms with Crippen molar-refractivity contribution in [2.75, 3.05) is 0 Å². The predicted octanol–water partition coefficient (Wildman–Crippen LogP) is 3.29. The number of hydrazone groups is 1. The molecule has 3 amide bonds. The Morgan fingerprint density at radius 3 is 2.58 bits per heavy atom. The lowest BCUT2D eigenvalue weighted by molar-refractivity contribution is 0.0829. The fourth-order valence-corrected chi connectivity index (χ4v) is 4.02. The van der Waals surface area contributed by atoms with E-state index in [2.05, 4.69) is 42.3 Å². The van der Waals surface area contributed by atoms with Gasteiger partial charge < -0.3 is 4.42 Å². The number of hydrogen-bond acceptors (Lipinski definition) is 6. The number of pyridine rings is 1. The molecule has 0 aliphatic heterocycles. The summed E-state index contributed by atoms with van der Waals surface area (Å²) in [6.45, 7) is 1.75. The Morgan fingerprint density at radius 2 is 1.82 bits per heavy atom. The first-order valence-electron chi connectivity index (χ1n) is 10.2. The van der Waals surface area contributed by atoms with Crippen molar-refractivity contribution >= 4 is 39.4 Å². The molecule has 0 unspecified atom stereocenters. The van der Waals surface area contributed by atoms with Crippen LogP contribution in [0.3, 0.4) is 0 Å². The van der Waals surface area contributed by atoms with E-state index >= 15 is 0 Å². The van der Waals surface area contributed by atoms with E-state index in [9.17, 15) is 14.4 Å². The molecule has 3 aromatic rings. The Morgan fingerprint density at radius 1 is 1.03 bits per heavy atom. The summed E-state index contributed by atoms with van der Waals surface area (Å²) in [5.41, 5.74) is 10.0. The molecule has 168 valence electrons. The summed E-state index contributed by atoms with van der Waals surface area (Å²) in [6.07, 6.45) is 5.07. The van der Waals surface area contributed by atoms with Gasteiger partial charge in [-0.1, -0.05) is 12.1 Å². The minimum Gasteiger partial charge on any atom is -0.455 e. The van der Waals surface area contributed by atoms with Gasteiger partial charge in [0.05, 0.1) is 16.8 Å². The maximum Gasteiger partial charge on any atom is 0.305 e. The van der Waals surface area contributed by atoms with E-state index in [0.717, 1.165) is 6.42 Å². The summed E-state index contributed by atoms with van der Waals surface area (Å²) in [4.78, 5) is 41.3. The number of nitrogens with one attached hydrogen (secondary N) is 3. The monoisotopic (exact) mass is 509 g/mol. The molecular weight excluding hydrogens is 490 g/mol. The topological polar surface area (TPSA) is 126 Å². The van der Waals surface area contributed by atoms with Gasteiger partial charge in [-0.15, -0.1) is 0 Å². The van der Waals surface area contributed by atoms with Gasteiger partial charge in [-0.2, -0.15) is 5.10 Å². The van der Waals surface area contributed by atoms with Crippen LogP contribution in [0.25, 0.3) is 0 Å². The van der Waals surface area contributed by atoms with Crippen LogP contribution in [0.1, 0.15) is 61.0 Å². The lowest BCUT2D eigenvalue weighted by atomic mass is 9.93. The lowest BCUT2D eigenvalue weighted by Gasteiger charge is -2.13. The van der Waals surface area contributed by atoms with Crippen molar-refractivity contribution in [3.05, 3.63) is 87.0 Å². The number of aromatic nitrogens is 1. The number of rotatable bonds is 4. The zero-order chi connectivity index (χ0) is 23.4. The fourth-order valence-electron chi connectivity index (χ4n) is 3.56. The molecule has 0 spiro atoms. The average molecular weight is 510 g/mol. The Balaban J connectivity index is 1.49. The van der Waals surface area contributed by atoms with Crippen molar-refractivity contribution < 1.29 is 18.8 Å². The van der Waals surface area contributed by atoms with Crippen molar-refractivity contribution in [1.82, 2.24) is 21.3 Å². The minimum atomic E-state index is -0.582. The van der Waals surface area contributed by atoms with Crippen molar-refractivity contribution in [3.63, 3.8) is 0 Å². The summed E-state index contributed by atoms with van der Waals surface area (Å²) in [6, 6.07) is 10.2. The third-order valence-corrected chi connectivity index (χ3v) is 5.85. The van der Waals surface area contributed by atoms with Crippen LogP contribution in [0.2, 0.25) is 0 Å². The van der Waals surface area contributed by atoms with Gasteiger partial charge in [0.1, 0.15) is 5.76 Å². The molecule has 3 N–H and O–H groups in total. The van der Waals surface area contributed by atoms with Gasteiger partial charge in [0.2, 0.25) is 0 Å². The maximum atomic E-state index is 12.7. The number of halogens is 1. The van der Waals surface area contributed by atoms with Crippen molar-refractivity contribution in [2.45, 2.75) is 26.2 Å². The number of carbonyl (C=O) groups is 3. The number of furan rings is 1. The van der Waals surface area contributed by atoms with Crippen molar-refractivity contribution in [1.29, 1.82) is 0 Å². The zero-order valence-electron chi connectivity index (χ0n) is 17.6. The normalized spacial score (nSPS) is 13.8. The Labute approximate surface area is 197 Å². The predicted molar refractivity (Wildman–Crippen MR) is 124 cm³/mol. The van der Waals surface area contributed by atoms with E-state index < -0.39 is 11.8 Å². The average Bonchev–Trinajstić information content (AvgIpc) is 3.18. The van der Waals surface area contributed by atoms with E-state index in [0.29, 0.717) is 51.0 Å². The Bertz CT molecular complexity index is 1250. The molecule has 0 atom stereocenters. The highest BCUT2D eigenvalue weighted by Gasteiger charge is 2.28. The second-order valence-corrected chi connectivity index (χ2v) is 8.19. The molecule has 0 bridgehead atoms. The molecule has 0 saturated heterocycles. The first-order valence-corrected chi connectivity index (χ1v) is 11.0. The Hall–Kier alpha value is -3.79. The third kappa shape index (κ3) is 4.85. The van der Waals surface area contributed by atoms with Gasteiger partial charge in [-0.3, -0.25) is 30.2 Å². The number of carbonyl (C=O) groups excluding carboxylic acids is 3. The molecule has 1 aliphatic carbocycles. The lowest BCUT2D eigenvalue weighted by Crippen LogP contribution is -2.41. The van der Waals surface area contributed by atoms with E-state index in [1.54, 1.807) is 49.5 Å². The van der Waals surface area contributed by atoms with Crippen LogP contribution in [0.5, 0.6) is 0 Å². The summed E-state index contributed by atoms with van der Waals surface area (Å²) >= 11 is 3.31. The van der Waals surface area contributed by atoms with Gasteiger partial charge in [0, 0.05) is 34.4 Å². The fraction of sp³-hybridized carbons (Fsp3) is 0.174. The number of nitrogens with zero attached hydrogens (tertiary/aromatic N) is 2. The first-order chi connectivity index (χ1) is 16.0. The molecule has 2 heterocycles. The third-order valence-electron chi connectivity index (χ3n) is 5.16. The van der Waals surface area contributed by atoms with Crippen LogP contribution in [0.15, 0.2) is 62.8 Å². The molecule has 10 heteroatoms. The molecule has 33 heavy (non-hydrogen) atoms. The summed E-state index contributed by atoms with van der Waals surface area (Å²) < 4.78 is 6.41. The van der Waals surface area contributed by atoms with Crippen molar-refractivity contribution in [2.24, 2.45) is 5.10 Å². The number of hydrogen-bond donors (Lipinski definition) is 3. The molecular formula is C23H20BrN5O4. The smallest absolute Gasteiger partial charge is 0.305 e. The molecule has 0 saturated carbocycles. The largest absolute Gasteiger partial charge is 0.455 e. The number of hydrazine groups is 1. The molecule has 9 nitrogen and oxygen atoms in total. The molecule has 0 radical (unpaired) electrons. The van der Waals surface area contributed by atoms with E-state index in [1.807, 2.05) is 0 Å². The number of aryl methyl sites for hydroxylation is 1. The standard InChI is InChI=1S/C23H20BrN5O4/c1-13-19-17(26-27-21(30)14-6-5-11-25-12-14)9-4-10-18(19)33-20(13)23(32)29-28-22(31)15-7-2-3-8-16(15)24/h2-3,5-8,11-12H,4,9-10H2,1H3,(H,27,30)(H,28,31)(H,29,32)/b26-17+. The molecule has 0 fully saturated rings. The van der Waals surface area contributed by atoms with Crippen LogP contribution in [0, 0.1) is 6.92 Å². The van der Waals surface area contributed by atoms with Gasteiger partial charge in [-0.05, 0) is 60.0 Å². The van der Waals surface area contributed by atoms with Gasteiger partial charge >= 0.3 is 5.91 Å². The van der Waals surface area contributed by atoms with E-state index in [1.165, 1.54) is 6.20 Å². The highest BCUT2D eigenvalue weighted by atomic mass is 79.9. The van der Waals surface area contributed by atoms with Crippen LogP contribution < -0.4 is 16.3 Å². The van der Waals surface area contributed by atoms with Crippen LogP contribution >= 0.6 is 15.9 Å². The highest BCUT2D eigenvalue weighted by molar-refractivity contribution is 9.10. The number of benzene rings is 1. The van der Waals surface area contributed by atoms with Gasteiger partial charge in [0.15, 0.2) is 5.76 Å². The summed E-state index contributed by atoms with van der Waals surface area (Å²) in [5, 5.41) is 4.28. The number of fused-ring (bicyclic) bond motifs is 1. The molecule has 2 aromatic heterocycles. The van der Waals surface area contributed by atoms with Gasteiger partial charge in [0.25, 0.3) is 11.8 Å². The second kappa shape index (κ2) is 9.78.